The molecule has 1 aromatic heterocycles. The number of aromatic nitrogens is 3. The first-order valence-electron chi connectivity index (χ1n) is 8.80. The van der Waals surface area contributed by atoms with Crippen molar-refractivity contribution >= 4 is 0 Å². The van der Waals surface area contributed by atoms with Crippen molar-refractivity contribution in [1.29, 1.82) is 0 Å². The summed E-state index contributed by atoms with van der Waals surface area (Å²) in [7, 11) is 0. The van der Waals surface area contributed by atoms with Gasteiger partial charge in [0, 0.05) is 18.5 Å². The van der Waals surface area contributed by atoms with Crippen molar-refractivity contribution in [2.45, 2.75) is 91.1 Å². The zero-order valence-corrected chi connectivity index (χ0v) is 14.4. The average Bonchev–Trinajstić information content (AvgIpc) is 2.91. The van der Waals surface area contributed by atoms with Gasteiger partial charge >= 0.3 is 0 Å². The predicted molar refractivity (Wildman–Crippen MR) is 89.6 cm³/mol. The van der Waals surface area contributed by atoms with Crippen molar-refractivity contribution in [1.82, 2.24) is 20.1 Å². The van der Waals surface area contributed by atoms with Crippen molar-refractivity contribution in [3.63, 3.8) is 0 Å². The molecule has 4 heteroatoms. The molecule has 1 rings (SSSR count). The van der Waals surface area contributed by atoms with Gasteiger partial charge in [0.25, 0.3) is 0 Å². The molecule has 0 amide bonds. The molecule has 0 aromatic carbocycles. The molecule has 0 fully saturated rings. The van der Waals surface area contributed by atoms with Gasteiger partial charge in [0.05, 0.1) is 0 Å². The van der Waals surface area contributed by atoms with Crippen LogP contribution in [-0.2, 0) is 6.42 Å². The summed E-state index contributed by atoms with van der Waals surface area (Å²) in [6, 6.07) is 0.918. The Hall–Kier alpha value is -0.900. The van der Waals surface area contributed by atoms with Gasteiger partial charge in [-0.3, -0.25) is 0 Å². The second-order valence-corrected chi connectivity index (χ2v) is 6.23. The number of unbranched alkanes of at least 4 members (excludes halogenated alkanes) is 5. The Labute approximate surface area is 130 Å². The standard InChI is InChI=1S/C17H34N4/c1-5-7-8-9-10-11-12-16(18-6-2)13-17-19-14-20-21(17)15(3)4/h14-16,18H,5-13H2,1-4H3. The molecule has 0 radical (unpaired) electrons. The van der Waals surface area contributed by atoms with Crippen LogP contribution in [0, 0.1) is 0 Å². The monoisotopic (exact) mass is 294 g/mol. The minimum Gasteiger partial charge on any atom is -0.314 e. The van der Waals surface area contributed by atoms with E-state index in [1.807, 2.05) is 4.68 Å². The molecular formula is C17H34N4. The third-order valence-electron chi connectivity index (χ3n) is 3.96. The van der Waals surface area contributed by atoms with Gasteiger partial charge in [-0.15, -0.1) is 0 Å². The average molecular weight is 294 g/mol. The Morgan fingerprint density at radius 3 is 2.48 bits per heavy atom. The van der Waals surface area contributed by atoms with E-state index in [9.17, 15) is 0 Å². The SMILES string of the molecule is CCCCCCCCC(Cc1ncnn1C(C)C)NCC. The van der Waals surface area contributed by atoms with Gasteiger partial charge in [0.1, 0.15) is 12.2 Å². The van der Waals surface area contributed by atoms with E-state index in [0.29, 0.717) is 12.1 Å². The molecule has 0 aliphatic carbocycles. The highest BCUT2D eigenvalue weighted by molar-refractivity contribution is 4.91. The molecule has 1 N–H and O–H groups in total. The number of nitrogens with zero attached hydrogens (tertiary/aromatic N) is 3. The summed E-state index contributed by atoms with van der Waals surface area (Å²) in [5.41, 5.74) is 0. The summed E-state index contributed by atoms with van der Waals surface area (Å²) in [5.74, 6) is 1.11. The lowest BCUT2D eigenvalue weighted by Crippen LogP contribution is -2.32. The summed E-state index contributed by atoms with van der Waals surface area (Å²) in [5, 5.41) is 7.94. The van der Waals surface area contributed by atoms with Crippen molar-refractivity contribution < 1.29 is 0 Å². The van der Waals surface area contributed by atoms with Crippen molar-refractivity contribution in [2.24, 2.45) is 0 Å². The van der Waals surface area contributed by atoms with Crippen molar-refractivity contribution in [2.75, 3.05) is 6.54 Å². The van der Waals surface area contributed by atoms with E-state index in [2.05, 4.69) is 43.1 Å². The van der Waals surface area contributed by atoms with Gasteiger partial charge in [0.2, 0.25) is 0 Å². The highest BCUT2D eigenvalue weighted by Crippen LogP contribution is 2.13. The topological polar surface area (TPSA) is 42.7 Å². The summed E-state index contributed by atoms with van der Waals surface area (Å²) >= 11 is 0. The van der Waals surface area contributed by atoms with Crippen LogP contribution in [-0.4, -0.2) is 27.4 Å². The number of hydrogen-bond donors (Lipinski definition) is 1. The van der Waals surface area contributed by atoms with Crippen molar-refractivity contribution in [3.8, 4) is 0 Å². The minimum atomic E-state index is 0.388. The van der Waals surface area contributed by atoms with Crippen LogP contribution in [0.2, 0.25) is 0 Å². The van der Waals surface area contributed by atoms with Crippen molar-refractivity contribution in [3.05, 3.63) is 12.2 Å². The molecule has 4 nitrogen and oxygen atoms in total. The first-order chi connectivity index (χ1) is 10.2. The molecule has 0 aliphatic rings. The molecule has 21 heavy (non-hydrogen) atoms. The Balaban J connectivity index is 2.37. The maximum atomic E-state index is 4.44. The van der Waals surface area contributed by atoms with Crippen LogP contribution >= 0.6 is 0 Å². The van der Waals surface area contributed by atoms with Gasteiger partial charge in [-0.2, -0.15) is 5.10 Å². The van der Waals surface area contributed by atoms with Gasteiger partial charge in [-0.1, -0.05) is 52.4 Å². The zero-order valence-electron chi connectivity index (χ0n) is 14.4. The van der Waals surface area contributed by atoms with Crippen LogP contribution < -0.4 is 5.32 Å². The third-order valence-corrected chi connectivity index (χ3v) is 3.96. The zero-order chi connectivity index (χ0) is 15.5. The summed E-state index contributed by atoms with van der Waals surface area (Å²) in [4.78, 5) is 4.44. The molecule has 1 aromatic rings. The molecule has 0 saturated heterocycles. The highest BCUT2D eigenvalue weighted by Gasteiger charge is 2.14. The van der Waals surface area contributed by atoms with Crippen LogP contribution in [0.5, 0.6) is 0 Å². The normalized spacial score (nSPS) is 13.0. The fraction of sp³-hybridized carbons (Fsp3) is 0.882. The van der Waals surface area contributed by atoms with E-state index in [1.54, 1.807) is 6.33 Å². The maximum absolute atomic E-state index is 4.44. The Bertz CT molecular complexity index is 359. The van der Waals surface area contributed by atoms with Crippen LogP contribution in [0.25, 0.3) is 0 Å². The Morgan fingerprint density at radius 2 is 1.81 bits per heavy atom. The van der Waals surface area contributed by atoms with Crippen LogP contribution in [0.1, 0.15) is 84.5 Å². The lowest BCUT2D eigenvalue weighted by atomic mass is 10.0. The predicted octanol–water partition coefficient (Wildman–Crippen LogP) is 4.13. The second kappa shape index (κ2) is 10.8. The Kier molecular flexibility index (Phi) is 9.31. The first-order valence-corrected chi connectivity index (χ1v) is 8.80. The number of likely N-dealkylation sites (N-methyl/N-ethyl adjacent to an activating group) is 1. The molecular weight excluding hydrogens is 260 g/mol. The highest BCUT2D eigenvalue weighted by atomic mass is 15.3. The largest absolute Gasteiger partial charge is 0.314 e. The van der Waals surface area contributed by atoms with E-state index in [4.69, 9.17) is 0 Å². The Morgan fingerprint density at radius 1 is 1.10 bits per heavy atom. The van der Waals surface area contributed by atoms with Gasteiger partial charge < -0.3 is 5.32 Å². The van der Waals surface area contributed by atoms with Gasteiger partial charge in [0.15, 0.2) is 0 Å². The first kappa shape index (κ1) is 18.1. The molecule has 0 bridgehead atoms. The van der Waals surface area contributed by atoms with E-state index in [-0.39, 0.29) is 0 Å². The number of hydrogen-bond acceptors (Lipinski definition) is 3. The van der Waals surface area contributed by atoms with Crippen LogP contribution in [0.15, 0.2) is 6.33 Å². The molecule has 0 aliphatic heterocycles. The second-order valence-electron chi connectivity index (χ2n) is 6.23. The number of nitrogens with one attached hydrogen (secondary N) is 1. The van der Waals surface area contributed by atoms with Crippen LogP contribution in [0.3, 0.4) is 0 Å². The summed E-state index contributed by atoms with van der Waals surface area (Å²) in [6.45, 7) is 9.80. The smallest absolute Gasteiger partial charge is 0.138 e. The fourth-order valence-corrected chi connectivity index (χ4v) is 2.81. The van der Waals surface area contributed by atoms with E-state index in [0.717, 1.165) is 18.8 Å². The summed E-state index contributed by atoms with van der Waals surface area (Å²) in [6.07, 6.45) is 12.1. The lowest BCUT2D eigenvalue weighted by molar-refractivity contribution is 0.428. The summed E-state index contributed by atoms with van der Waals surface area (Å²) < 4.78 is 2.05. The van der Waals surface area contributed by atoms with E-state index < -0.39 is 0 Å². The molecule has 0 saturated carbocycles. The molecule has 122 valence electrons. The quantitative estimate of drug-likeness (QED) is 0.589. The maximum Gasteiger partial charge on any atom is 0.138 e. The lowest BCUT2D eigenvalue weighted by Gasteiger charge is -2.18. The van der Waals surface area contributed by atoms with E-state index in [1.165, 1.54) is 44.9 Å². The molecule has 1 heterocycles. The third kappa shape index (κ3) is 7.07. The van der Waals surface area contributed by atoms with Crippen LogP contribution in [0.4, 0.5) is 0 Å². The molecule has 1 unspecified atom stereocenters. The van der Waals surface area contributed by atoms with Gasteiger partial charge in [-0.05, 0) is 26.8 Å². The molecule has 0 spiro atoms. The van der Waals surface area contributed by atoms with Gasteiger partial charge in [-0.25, -0.2) is 9.67 Å². The minimum absolute atomic E-state index is 0.388. The van der Waals surface area contributed by atoms with E-state index >= 15 is 0 Å². The molecule has 1 atom stereocenters. The fourth-order valence-electron chi connectivity index (χ4n) is 2.81. The number of rotatable bonds is 12.